The Labute approximate surface area is 80.1 Å². The summed E-state index contributed by atoms with van der Waals surface area (Å²) in [6.45, 7) is 0. The van der Waals surface area contributed by atoms with Crippen LogP contribution in [0.4, 0.5) is 0 Å². The number of halogens is 2. The molecule has 1 heterocycles. The Kier molecular flexibility index (Phi) is 3.09. The first-order chi connectivity index (χ1) is 5.75. The van der Waals surface area contributed by atoms with Crippen LogP contribution < -0.4 is 0 Å². The molecule has 0 aromatic carbocycles. The van der Waals surface area contributed by atoms with Crippen LogP contribution in [0, 0.1) is 11.3 Å². The van der Waals surface area contributed by atoms with Crippen LogP contribution in [-0.4, -0.2) is 4.98 Å². The number of hydrogen-bond acceptors (Lipinski definition) is 2. The molecule has 0 bridgehead atoms. The van der Waals surface area contributed by atoms with E-state index >= 15 is 0 Å². The molecular formula is C8H4Cl2N2. The van der Waals surface area contributed by atoms with Crippen LogP contribution in [0.2, 0.25) is 10.0 Å². The average molecular weight is 199 g/mol. The molecule has 4 heteroatoms. The number of nitrogens with zero attached hydrogens (tertiary/aromatic N) is 2. The van der Waals surface area contributed by atoms with Gasteiger partial charge in [-0.05, 0) is 6.08 Å². The van der Waals surface area contributed by atoms with Crippen molar-refractivity contribution in [2.45, 2.75) is 0 Å². The van der Waals surface area contributed by atoms with Crippen LogP contribution in [0.25, 0.3) is 6.08 Å². The predicted molar refractivity (Wildman–Crippen MR) is 48.9 cm³/mol. The minimum atomic E-state index is 0.439. The molecule has 0 spiro atoms. The molecule has 60 valence electrons. The maximum absolute atomic E-state index is 8.27. The molecule has 0 aliphatic heterocycles. The Morgan fingerprint density at radius 1 is 1.33 bits per heavy atom. The van der Waals surface area contributed by atoms with Gasteiger partial charge in [0.15, 0.2) is 0 Å². The molecule has 0 aliphatic carbocycles. The van der Waals surface area contributed by atoms with E-state index in [0.717, 1.165) is 0 Å². The molecule has 0 N–H and O–H groups in total. The van der Waals surface area contributed by atoms with Crippen molar-refractivity contribution in [1.82, 2.24) is 4.98 Å². The maximum Gasteiger partial charge on any atom is 0.0912 e. The van der Waals surface area contributed by atoms with Gasteiger partial charge in [0.05, 0.1) is 16.1 Å². The first-order valence-corrected chi connectivity index (χ1v) is 3.86. The van der Waals surface area contributed by atoms with Crippen molar-refractivity contribution < 1.29 is 0 Å². The molecule has 1 aromatic heterocycles. The van der Waals surface area contributed by atoms with Gasteiger partial charge in [0.25, 0.3) is 0 Å². The normalized spacial score (nSPS) is 10.1. The van der Waals surface area contributed by atoms with Crippen molar-refractivity contribution in [3.63, 3.8) is 0 Å². The number of allylic oxidation sites excluding steroid dienone is 1. The van der Waals surface area contributed by atoms with Gasteiger partial charge in [-0.2, -0.15) is 5.26 Å². The van der Waals surface area contributed by atoms with E-state index in [1.54, 1.807) is 6.08 Å². The zero-order chi connectivity index (χ0) is 8.97. The van der Waals surface area contributed by atoms with Crippen molar-refractivity contribution in [2.24, 2.45) is 0 Å². The van der Waals surface area contributed by atoms with Crippen LogP contribution in [-0.2, 0) is 0 Å². The molecule has 12 heavy (non-hydrogen) atoms. The minimum Gasteiger partial charge on any atom is -0.262 e. The number of rotatable bonds is 1. The van der Waals surface area contributed by atoms with Crippen LogP contribution in [0.3, 0.4) is 0 Å². The summed E-state index contributed by atoms with van der Waals surface area (Å²) in [7, 11) is 0. The van der Waals surface area contributed by atoms with E-state index in [1.807, 2.05) is 6.07 Å². The molecule has 0 unspecified atom stereocenters. The van der Waals surface area contributed by atoms with Gasteiger partial charge in [-0.25, -0.2) is 0 Å². The van der Waals surface area contributed by atoms with E-state index in [0.29, 0.717) is 15.6 Å². The summed E-state index contributed by atoms with van der Waals surface area (Å²) < 4.78 is 0. The van der Waals surface area contributed by atoms with Gasteiger partial charge in [-0.3, -0.25) is 4.98 Å². The number of aromatic nitrogens is 1. The highest BCUT2D eigenvalue weighted by Crippen LogP contribution is 2.23. The lowest BCUT2D eigenvalue weighted by molar-refractivity contribution is 1.32. The van der Waals surface area contributed by atoms with E-state index in [1.165, 1.54) is 18.5 Å². The third-order valence-electron chi connectivity index (χ3n) is 1.21. The highest BCUT2D eigenvalue weighted by molar-refractivity contribution is 6.36. The molecule has 1 rings (SSSR count). The first-order valence-electron chi connectivity index (χ1n) is 3.11. The maximum atomic E-state index is 8.27. The fraction of sp³-hybridized carbons (Fsp3) is 0. The largest absolute Gasteiger partial charge is 0.262 e. The van der Waals surface area contributed by atoms with E-state index in [4.69, 9.17) is 28.5 Å². The summed E-state index contributed by atoms with van der Waals surface area (Å²) in [6, 6.07) is 1.85. The standard InChI is InChI=1S/C8H4Cl2N2/c9-7-4-12-5-8(10)6(7)2-1-3-11/h1-2,4-5H. The molecule has 2 nitrogen and oxygen atoms in total. The third-order valence-corrected chi connectivity index (χ3v) is 1.82. The molecule has 0 atom stereocenters. The van der Waals surface area contributed by atoms with Gasteiger partial charge in [0.2, 0.25) is 0 Å². The molecular weight excluding hydrogens is 195 g/mol. The third kappa shape index (κ3) is 1.97. The smallest absolute Gasteiger partial charge is 0.0912 e. The summed E-state index contributed by atoms with van der Waals surface area (Å²) in [5, 5.41) is 9.15. The number of hydrogen-bond donors (Lipinski definition) is 0. The lowest BCUT2D eigenvalue weighted by atomic mass is 10.2. The van der Waals surface area contributed by atoms with Gasteiger partial charge in [-0.15, -0.1) is 0 Å². The summed E-state index contributed by atoms with van der Waals surface area (Å²) in [5.74, 6) is 0. The van der Waals surface area contributed by atoms with E-state index in [-0.39, 0.29) is 0 Å². The highest BCUT2D eigenvalue weighted by Gasteiger charge is 2.00. The number of nitriles is 1. The van der Waals surface area contributed by atoms with E-state index in [9.17, 15) is 0 Å². The van der Waals surface area contributed by atoms with Gasteiger partial charge < -0.3 is 0 Å². The Balaban J connectivity index is 3.15. The Morgan fingerprint density at radius 2 is 1.92 bits per heavy atom. The van der Waals surface area contributed by atoms with Crippen molar-refractivity contribution in [1.29, 1.82) is 5.26 Å². The predicted octanol–water partition coefficient (Wildman–Crippen LogP) is 2.93. The van der Waals surface area contributed by atoms with Crippen molar-refractivity contribution in [3.05, 3.63) is 34.1 Å². The SMILES string of the molecule is N#CC=Cc1c(Cl)cncc1Cl. The van der Waals surface area contributed by atoms with Gasteiger partial charge in [0.1, 0.15) is 0 Å². The molecule has 1 aromatic rings. The van der Waals surface area contributed by atoms with Crippen molar-refractivity contribution in [2.75, 3.05) is 0 Å². The molecule has 0 amide bonds. The summed E-state index contributed by atoms with van der Waals surface area (Å²) in [6.07, 6.45) is 5.81. The molecule has 0 fully saturated rings. The number of pyridine rings is 1. The quantitative estimate of drug-likeness (QED) is 0.652. The second kappa shape index (κ2) is 4.10. The average Bonchev–Trinajstić information content (AvgIpc) is 2.04. The Hall–Kier alpha value is -1.04. The van der Waals surface area contributed by atoms with Crippen molar-refractivity contribution >= 4 is 29.3 Å². The lowest BCUT2D eigenvalue weighted by Crippen LogP contribution is -1.79. The van der Waals surface area contributed by atoms with Crippen molar-refractivity contribution in [3.8, 4) is 6.07 Å². The zero-order valence-electron chi connectivity index (χ0n) is 5.96. The van der Waals surface area contributed by atoms with E-state index in [2.05, 4.69) is 4.98 Å². The molecule has 0 saturated heterocycles. The van der Waals surface area contributed by atoms with E-state index < -0.39 is 0 Å². The topological polar surface area (TPSA) is 36.7 Å². The highest BCUT2D eigenvalue weighted by atomic mass is 35.5. The second-order valence-electron chi connectivity index (χ2n) is 1.98. The summed E-state index contributed by atoms with van der Waals surface area (Å²) in [4.78, 5) is 3.77. The van der Waals surface area contributed by atoms with Gasteiger partial charge >= 0.3 is 0 Å². The second-order valence-corrected chi connectivity index (χ2v) is 2.79. The van der Waals surface area contributed by atoms with Crippen LogP contribution in [0.1, 0.15) is 5.56 Å². The Morgan fingerprint density at radius 3 is 2.42 bits per heavy atom. The molecule has 0 aliphatic rings. The fourth-order valence-electron chi connectivity index (χ4n) is 0.701. The van der Waals surface area contributed by atoms with Crippen LogP contribution in [0.15, 0.2) is 18.5 Å². The lowest BCUT2D eigenvalue weighted by Gasteiger charge is -1.97. The fourth-order valence-corrected chi connectivity index (χ4v) is 1.19. The molecule has 0 saturated carbocycles. The minimum absolute atomic E-state index is 0.439. The Bertz CT molecular complexity index is 332. The van der Waals surface area contributed by atoms with Crippen LogP contribution in [0.5, 0.6) is 0 Å². The summed E-state index contributed by atoms with van der Waals surface area (Å²) in [5.41, 5.74) is 0.620. The summed E-state index contributed by atoms with van der Waals surface area (Å²) >= 11 is 11.5. The van der Waals surface area contributed by atoms with Crippen LogP contribution >= 0.6 is 23.2 Å². The monoisotopic (exact) mass is 198 g/mol. The van der Waals surface area contributed by atoms with Gasteiger partial charge in [-0.1, -0.05) is 23.2 Å². The zero-order valence-corrected chi connectivity index (χ0v) is 7.47. The molecule has 0 radical (unpaired) electrons. The first kappa shape index (κ1) is 9.05. The van der Waals surface area contributed by atoms with Gasteiger partial charge in [0, 0.05) is 24.0 Å².